The van der Waals surface area contributed by atoms with Gasteiger partial charge in [0, 0.05) is 31.9 Å². The molecule has 1 atom stereocenters. The first-order valence-electron chi connectivity index (χ1n) is 8.68. The first kappa shape index (κ1) is 16.8. The minimum atomic E-state index is -0.757. The lowest BCUT2D eigenvalue weighted by atomic mass is 9.98. The largest absolute Gasteiger partial charge is 0.481 e. The van der Waals surface area contributed by atoms with Crippen LogP contribution in [0.4, 0.5) is 5.69 Å². The summed E-state index contributed by atoms with van der Waals surface area (Å²) in [6.45, 7) is 3.99. The molecule has 0 spiro atoms. The van der Waals surface area contributed by atoms with E-state index in [0.29, 0.717) is 26.1 Å². The van der Waals surface area contributed by atoms with Crippen molar-refractivity contribution in [2.75, 3.05) is 44.2 Å². The zero-order valence-electron chi connectivity index (χ0n) is 13.9. The Morgan fingerprint density at radius 1 is 1.25 bits per heavy atom. The molecule has 0 bridgehead atoms. The molecule has 130 valence electrons. The van der Waals surface area contributed by atoms with Crippen molar-refractivity contribution in [1.82, 2.24) is 10.2 Å². The number of rotatable bonds is 6. The van der Waals surface area contributed by atoms with Crippen molar-refractivity contribution in [2.24, 2.45) is 5.92 Å². The van der Waals surface area contributed by atoms with Crippen LogP contribution in [0.5, 0.6) is 0 Å². The van der Waals surface area contributed by atoms with Gasteiger partial charge in [0.1, 0.15) is 0 Å². The molecular formula is C18H25N3O3. The maximum Gasteiger partial charge on any atom is 0.307 e. The number of likely N-dealkylation sites (tertiary alicyclic amines) is 1. The summed E-state index contributed by atoms with van der Waals surface area (Å²) in [4.78, 5) is 27.4. The van der Waals surface area contributed by atoms with Gasteiger partial charge in [-0.2, -0.15) is 0 Å². The molecule has 2 aliphatic rings. The predicted octanol–water partition coefficient (Wildman–Crippen LogP) is 0.962. The fourth-order valence-corrected chi connectivity index (χ4v) is 3.63. The van der Waals surface area contributed by atoms with E-state index in [9.17, 15) is 9.59 Å². The van der Waals surface area contributed by atoms with Gasteiger partial charge >= 0.3 is 5.97 Å². The number of carboxylic acid groups (broad SMARTS) is 1. The Labute approximate surface area is 142 Å². The highest BCUT2D eigenvalue weighted by molar-refractivity contribution is 5.78. The van der Waals surface area contributed by atoms with Crippen molar-refractivity contribution >= 4 is 17.6 Å². The highest BCUT2D eigenvalue weighted by Gasteiger charge is 2.26. The monoisotopic (exact) mass is 331 g/mol. The molecule has 1 saturated heterocycles. The first-order chi connectivity index (χ1) is 11.6. The number of nitrogens with one attached hydrogen (secondary N) is 1. The quantitative estimate of drug-likeness (QED) is 0.812. The van der Waals surface area contributed by atoms with E-state index in [-0.39, 0.29) is 11.8 Å². The second-order valence-corrected chi connectivity index (χ2v) is 6.63. The Morgan fingerprint density at radius 3 is 2.92 bits per heavy atom. The lowest BCUT2D eigenvalue weighted by Crippen LogP contribution is -2.45. The number of hydrogen-bond acceptors (Lipinski definition) is 4. The molecule has 0 aliphatic carbocycles. The van der Waals surface area contributed by atoms with E-state index in [1.54, 1.807) is 0 Å². The highest BCUT2D eigenvalue weighted by atomic mass is 16.4. The van der Waals surface area contributed by atoms with Crippen molar-refractivity contribution in [3.63, 3.8) is 0 Å². The van der Waals surface area contributed by atoms with Gasteiger partial charge in [-0.1, -0.05) is 18.2 Å². The fraction of sp³-hybridized carbons (Fsp3) is 0.556. The summed E-state index contributed by atoms with van der Waals surface area (Å²) in [5.74, 6) is -1.12. The highest BCUT2D eigenvalue weighted by Crippen LogP contribution is 2.26. The lowest BCUT2D eigenvalue weighted by molar-refractivity contribution is -0.144. The Balaban J connectivity index is 1.40. The third-order valence-electron chi connectivity index (χ3n) is 4.91. The molecule has 0 aromatic heterocycles. The van der Waals surface area contributed by atoms with Crippen molar-refractivity contribution < 1.29 is 14.7 Å². The summed E-state index contributed by atoms with van der Waals surface area (Å²) in [7, 11) is 0. The number of para-hydroxylation sites is 1. The smallest absolute Gasteiger partial charge is 0.307 e. The number of fused-ring (bicyclic) bond motifs is 1. The molecule has 1 aromatic carbocycles. The molecule has 1 fully saturated rings. The molecule has 0 radical (unpaired) electrons. The second-order valence-electron chi connectivity index (χ2n) is 6.63. The second kappa shape index (κ2) is 7.66. The van der Waals surface area contributed by atoms with Crippen molar-refractivity contribution in [3.8, 4) is 0 Å². The molecule has 6 nitrogen and oxygen atoms in total. The van der Waals surface area contributed by atoms with E-state index in [2.05, 4.69) is 28.4 Å². The van der Waals surface area contributed by atoms with Crippen LogP contribution in [0.25, 0.3) is 0 Å². The molecule has 0 saturated carbocycles. The van der Waals surface area contributed by atoms with Gasteiger partial charge in [0.2, 0.25) is 5.91 Å². The summed E-state index contributed by atoms with van der Waals surface area (Å²) >= 11 is 0. The van der Waals surface area contributed by atoms with E-state index >= 15 is 0 Å². The summed E-state index contributed by atoms with van der Waals surface area (Å²) < 4.78 is 0. The maximum absolute atomic E-state index is 12.1. The number of aliphatic carboxylic acids is 1. The Bertz CT molecular complexity index is 605. The molecule has 1 amide bonds. The minimum absolute atomic E-state index is 0.0199. The number of amides is 1. The SMILES string of the molecule is O=C(CN1CCCC(C(=O)O)C1)NCCN1CCc2ccccc21. The Kier molecular flexibility index (Phi) is 5.35. The van der Waals surface area contributed by atoms with E-state index < -0.39 is 5.97 Å². The third-order valence-corrected chi connectivity index (χ3v) is 4.91. The standard InChI is InChI=1S/C18H25N3O3/c22-17(13-20-9-3-5-15(12-20)18(23)24)19-8-11-21-10-7-14-4-1-2-6-16(14)21/h1-2,4,6,15H,3,5,7-13H2,(H,19,22)(H,23,24). The number of hydrogen-bond donors (Lipinski definition) is 2. The summed E-state index contributed by atoms with van der Waals surface area (Å²) in [6.07, 6.45) is 2.62. The topological polar surface area (TPSA) is 72.9 Å². The number of carbonyl (C=O) groups excluding carboxylic acids is 1. The van der Waals surface area contributed by atoms with Crippen molar-refractivity contribution in [1.29, 1.82) is 0 Å². The van der Waals surface area contributed by atoms with Gasteiger partial charge < -0.3 is 15.3 Å². The normalized spacial score (nSPS) is 20.7. The molecule has 2 heterocycles. The molecular weight excluding hydrogens is 306 g/mol. The van der Waals surface area contributed by atoms with Crippen molar-refractivity contribution in [3.05, 3.63) is 29.8 Å². The van der Waals surface area contributed by atoms with Crippen LogP contribution in [0.15, 0.2) is 24.3 Å². The van der Waals surface area contributed by atoms with Gasteiger partial charge in [-0.3, -0.25) is 14.5 Å². The van der Waals surface area contributed by atoms with E-state index in [0.717, 1.165) is 32.5 Å². The van der Waals surface area contributed by atoms with Crippen LogP contribution in [0, 0.1) is 5.92 Å². The van der Waals surface area contributed by atoms with Crippen LogP contribution in [-0.2, 0) is 16.0 Å². The Hall–Kier alpha value is -2.08. The molecule has 6 heteroatoms. The van der Waals surface area contributed by atoms with Crippen molar-refractivity contribution in [2.45, 2.75) is 19.3 Å². The molecule has 3 rings (SSSR count). The molecule has 2 N–H and O–H groups in total. The predicted molar refractivity (Wildman–Crippen MR) is 92.2 cm³/mol. The van der Waals surface area contributed by atoms with Gasteiger partial charge in [-0.15, -0.1) is 0 Å². The molecule has 2 aliphatic heterocycles. The number of carbonyl (C=O) groups is 2. The molecule has 1 aromatic rings. The van der Waals surface area contributed by atoms with Crippen LogP contribution in [0.3, 0.4) is 0 Å². The summed E-state index contributed by atoms with van der Waals surface area (Å²) in [6, 6.07) is 8.39. The average Bonchev–Trinajstić information content (AvgIpc) is 2.98. The van der Waals surface area contributed by atoms with Gasteiger partial charge in [-0.25, -0.2) is 0 Å². The number of carboxylic acids is 1. The van der Waals surface area contributed by atoms with Gasteiger partial charge in [0.25, 0.3) is 0 Å². The van der Waals surface area contributed by atoms with Gasteiger partial charge in [0.05, 0.1) is 12.5 Å². The lowest BCUT2D eigenvalue weighted by Gasteiger charge is -2.30. The molecule has 1 unspecified atom stereocenters. The zero-order valence-corrected chi connectivity index (χ0v) is 13.9. The van der Waals surface area contributed by atoms with E-state index in [1.165, 1.54) is 11.3 Å². The minimum Gasteiger partial charge on any atom is -0.481 e. The summed E-state index contributed by atoms with van der Waals surface area (Å²) in [5, 5.41) is 12.1. The fourth-order valence-electron chi connectivity index (χ4n) is 3.63. The van der Waals surface area contributed by atoms with Crippen LogP contribution in [0.2, 0.25) is 0 Å². The van der Waals surface area contributed by atoms with Crippen LogP contribution in [0.1, 0.15) is 18.4 Å². The van der Waals surface area contributed by atoms with E-state index in [1.807, 2.05) is 11.0 Å². The molecule has 24 heavy (non-hydrogen) atoms. The summed E-state index contributed by atoms with van der Waals surface area (Å²) in [5.41, 5.74) is 2.64. The Morgan fingerprint density at radius 2 is 2.08 bits per heavy atom. The average molecular weight is 331 g/mol. The number of benzene rings is 1. The van der Waals surface area contributed by atoms with Gasteiger partial charge in [-0.05, 0) is 37.4 Å². The van der Waals surface area contributed by atoms with Gasteiger partial charge in [0.15, 0.2) is 0 Å². The van der Waals surface area contributed by atoms with Crippen LogP contribution >= 0.6 is 0 Å². The van der Waals surface area contributed by atoms with Crippen LogP contribution in [-0.4, -0.2) is 61.2 Å². The third kappa shape index (κ3) is 4.06. The van der Waals surface area contributed by atoms with E-state index in [4.69, 9.17) is 5.11 Å². The number of piperidine rings is 1. The van der Waals surface area contributed by atoms with Crippen LogP contribution < -0.4 is 10.2 Å². The number of nitrogens with zero attached hydrogens (tertiary/aromatic N) is 2. The number of anilines is 1. The first-order valence-corrected chi connectivity index (χ1v) is 8.68. The zero-order chi connectivity index (χ0) is 16.9. The maximum atomic E-state index is 12.1.